The fourth-order valence-corrected chi connectivity index (χ4v) is 2.53. The lowest BCUT2D eigenvalue weighted by Gasteiger charge is -2.20. The molecule has 2 rings (SSSR count). The average Bonchev–Trinajstić information content (AvgIpc) is 2.97. The molecule has 1 atom stereocenters. The zero-order chi connectivity index (χ0) is 15.2. The van der Waals surface area contributed by atoms with Crippen molar-refractivity contribution >= 4 is 17.4 Å². The van der Waals surface area contributed by atoms with E-state index in [4.69, 9.17) is 9.68 Å². The van der Waals surface area contributed by atoms with Gasteiger partial charge in [-0.2, -0.15) is 5.26 Å². The number of thioether (sulfide) groups is 1. The van der Waals surface area contributed by atoms with E-state index in [0.29, 0.717) is 11.1 Å². The van der Waals surface area contributed by atoms with E-state index in [-0.39, 0.29) is 5.25 Å². The van der Waals surface area contributed by atoms with E-state index in [0.717, 1.165) is 18.7 Å². The summed E-state index contributed by atoms with van der Waals surface area (Å²) in [6.45, 7) is 8.02. The Hall–Kier alpha value is -2.00. The Balaban J connectivity index is 2.14. The highest BCUT2D eigenvalue weighted by Crippen LogP contribution is 2.27. The van der Waals surface area contributed by atoms with Crippen molar-refractivity contribution in [3.05, 3.63) is 24.3 Å². The van der Waals surface area contributed by atoms with Crippen LogP contribution in [0, 0.1) is 11.3 Å². The summed E-state index contributed by atoms with van der Waals surface area (Å²) >= 11 is 1.26. The summed E-state index contributed by atoms with van der Waals surface area (Å²) in [4.78, 5) is 2.27. The maximum absolute atomic E-state index is 8.78. The summed E-state index contributed by atoms with van der Waals surface area (Å²) in [5.74, 6) is 0.480. The van der Waals surface area contributed by atoms with Gasteiger partial charge in [0.2, 0.25) is 5.89 Å². The van der Waals surface area contributed by atoms with Gasteiger partial charge >= 0.3 is 0 Å². The molecule has 0 N–H and O–H groups in total. The van der Waals surface area contributed by atoms with Gasteiger partial charge in [0.25, 0.3) is 5.22 Å². The molecule has 0 amide bonds. The van der Waals surface area contributed by atoms with Gasteiger partial charge in [-0.25, -0.2) is 0 Å². The Morgan fingerprint density at radius 1 is 1.24 bits per heavy atom. The molecule has 0 saturated carbocycles. The number of hydrogen-bond acceptors (Lipinski definition) is 6. The summed E-state index contributed by atoms with van der Waals surface area (Å²) in [7, 11) is 0. The predicted molar refractivity (Wildman–Crippen MR) is 84.2 cm³/mol. The molecule has 2 aromatic rings. The van der Waals surface area contributed by atoms with Crippen LogP contribution in [-0.4, -0.2) is 28.5 Å². The molecule has 6 heteroatoms. The Morgan fingerprint density at radius 2 is 1.90 bits per heavy atom. The van der Waals surface area contributed by atoms with Crippen LogP contribution >= 0.6 is 11.8 Å². The van der Waals surface area contributed by atoms with E-state index in [1.165, 1.54) is 17.4 Å². The number of hydrogen-bond donors (Lipinski definition) is 0. The van der Waals surface area contributed by atoms with E-state index >= 15 is 0 Å². The van der Waals surface area contributed by atoms with Crippen LogP contribution in [0.3, 0.4) is 0 Å². The second kappa shape index (κ2) is 7.14. The Morgan fingerprint density at radius 3 is 2.48 bits per heavy atom. The fourth-order valence-electron chi connectivity index (χ4n) is 1.96. The molecule has 0 radical (unpaired) electrons. The van der Waals surface area contributed by atoms with Gasteiger partial charge in [-0.15, -0.1) is 10.2 Å². The molecule has 0 saturated heterocycles. The molecule has 0 aliphatic rings. The summed E-state index contributed by atoms with van der Waals surface area (Å²) in [5.41, 5.74) is 2.06. The minimum Gasteiger partial charge on any atom is -0.411 e. The lowest BCUT2D eigenvalue weighted by molar-refractivity contribution is 0.465. The fraction of sp³-hybridized carbons (Fsp3) is 0.400. The normalized spacial score (nSPS) is 11.9. The highest BCUT2D eigenvalue weighted by molar-refractivity contribution is 7.99. The van der Waals surface area contributed by atoms with Gasteiger partial charge in [0, 0.05) is 24.3 Å². The maximum atomic E-state index is 8.78. The minimum atomic E-state index is -0.205. The number of aromatic nitrogens is 2. The molecule has 21 heavy (non-hydrogen) atoms. The van der Waals surface area contributed by atoms with Gasteiger partial charge in [0.05, 0.1) is 11.3 Å². The number of nitrogens with zero attached hydrogens (tertiary/aromatic N) is 4. The first kappa shape index (κ1) is 15.4. The highest BCUT2D eigenvalue weighted by Gasteiger charge is 2.12. The zero-order valence-electron chi connectivity index (χ0n) is 12.4. The van der Waals surface area contributed by atoms with Crippen molar-refractivity contribution in [1.82, 2.24) is 10.2 Å². The predicted octanol–water partition coefficient (Wildman–Crippen LogP) is 3.59. The van der Waals surface area contributed by atoms with Crippen LogP contribution in [0.2, 0.25) is 0 Å². The lowest BCUT2D eigenvalue weighted by atomic mass is 10.2. The number of benzene rings is 1. The van der Waals surface area contributed by atoms with Crippen LogP contribution < -0.4 is 4.90 Å². The van der Waals surface area contributed by atoms with Crippen molar-refractivity contribution in [2.45, 2.75) is 31.2 Å². The molecule has 0 aliphatic heterocycles. The van der Waals surface area contributed by atoms with Crippen LogP contribution in [-0.2, 0) is 0 Å². The Bertz CT molecular complexity index is 613. The van der Waals surface area contributed by atoms with Gasteiger partial charge in [0.1, 0.15) is 0 Å². The van der Waals surface area contributed by atoms with Gasteiger partial charge in [-0.1, -0.05) is 0 Å². The molecular weight excluding hydrogens is 284 g/mol. The summed E-state index contributed by atoms with van der Waals surface area (Å²) in [6.07, 6.45) is 0. The quantitative estimate of drug-likeness (QED) is 0.760. The minimum absolute atomic E-state index is 0.205. The molecule has 1 aromatic carbocycles. The van der Waals surface area contributed by atoms with Crippen molar-refractivity contribution in [2.75, 3.05) is 18.0 Å². The van der Waals surface area contributed by atoms with E-state index in [1.807, 2.05) is 12.1 Å². The van der Waals surface area contributed by atoms with E-state index in [9.17, 15) is 0 Å². The first-order valence-corrected chi connectivity index (χ1v) is 7.81. The zero-order valence-corrected chi connectivity index (χ0v) is 13.2. The first-order valence-electron chi connectivity index (χ1n) is 6.93. The third-order valence-electron chi connectivity index (χ3n) is 3.11. The van der Waals surface area contributed by atoms with Crippen LogP contribution in [0.25, 0.3) is 11.5 Å². The number of rotatable bonds is 6. The first-order chi connectivity index (χ1) is 10.2. The van der Waals surface area contributed by atoms with Crippen LogP contribution in [0.4, 0.5) is 5.69 Å². The molecule has 1 aromatic heterocycles. The van der Waals surface area contributed by atoms with Gasteiger partial charge in [-0.05, 0) is 56.8 Å². The monoisotopic (exact) mass is 302 g/mol. The van der Waals surface area contributed by atoms with E-state index in [2.05, 4.69) is 47.1 Å². The van der Waals surface area contributed by atoms with Crippen molar-refractivity contribution in [1.29, 1.82) is 5.26 Å². The highest BCUT2D eigenvalue weighted by atomic mass is 32.2. The van der Waals surface area contributed by atoms with Crippen LogP contribution in [0.5, 0.6) is 0 Å². The largest absolute Gasteiger partial charge is 0.411 e. The van der Waals surface area contributed by atoms with Crippen molar-refractivity contribution in [3.63, 3.8) is 0 Å². The third kappa shape index (κ3) is 3.76. The smallest absolute Gasteiger partial charge is 0.278 e. The number of nitriles is 1. The molecular formula is C15H18N4OS. The Labute approximate surface area is 129 Å². The molecule has 110 valence electrons. The second-order valence-electron chi connectivity index (χ2n) is 4.48. The third-order valence-corrected chi connectivity index (χ3v) is 3.93. The van der Waals surface area contributed by atoms with Gasteiger partial charge in [0.15, 0.2) is 0 Å². The average molecular weight is 302 g/mol. The van der Waals surface area contributed by atoms with E-state index < -0.39 is 0 Å². The summed E-state index contributed by atoms with van der Waals surface area (Å²) < 4.78 is 5.57. The standard InChI is InChI=1S/C15H18N4OS/c1-4-19(5-2)13-8-6-12(7-9-13)14-17-18-15(20-14)21-11(3)10-16/h6-9,11H,4-5H2,1-3H3/t11-/m1/s1. The van der Waals surface area contributed by atoms with Crippen molar-refractivity contribution < 1.29 is 4.42 Å². The maximum Gasteiger partial charge on any atom is 0.278 e. The molecule has 0 fully saturated rings. The lowest BCUT2D eigenvalue weighted by Crippen LogP contribution is -2.21. The topological polar surface area (TPSA) is 66.0 Å². The van der Waals surface area contributed by atoms with Crippen molar-refractivity contribution in [3.8, 4) is 17.5 Å². The van der Waals surface area contributed by atoms with Gasteiger partial charge < -0.3 is 9.32 Å². The molecule has 0 bridgehead atoms. The second-order valence-corrected chi connectivity index (χ2v) is 5.77. The molecule has 1 heterocycles. The summed E-state index contributed by atoms with van der Waals surface area (Å²) in [6, 6.07) is 10.2. The Kier molecular flexibility index (Phi) is 5.23. The SMILES string of the molecule is CCN(CC)c1ccc(-c2nnc(S[C@H](C)C#N)o2)cc1. The van der Waals surface area contributed by atoms with E-state index in [1.54, 1.807) is 6.92 Å². The molecule has 0 aliphatic carbocycles. The van der Waals surface area contributed by atoms with Gasteiger partial charge in [-0.3, -0.25) is 0 Å². The molecule has 5 nitrogen and oxygen atoms in total. The number of anilines is 1. The molecule has 0 spiro atoms. The van der Waals surface area contributed by atoms with Crippen LogP contribution in [0.1, 0.15) is 20.8 Å². The van der Waals surface area contributed by atoms with Crippen molar-refractivity contribution in [2.24, 2.45) is 0 Å². The molecule has 0 unspecified atom stereocenters. The van der Waals surface area contributed by atoms with Crippen LogP contribution in [0.15, 0.2) is 33.9 Å². The summed E-state index contributed by atoms with van der Waals surface area (Å²) in [5, 5.41) is 17.0.